The lowest BCUT2D eigenvalue weighted by molar-refractivity contribution is -0.130. The van der Waals surface area contributed by atoms with Crippen molar-refractivity contribution in [2.24, 2.45) is 0 Å². The van der Waals surface area contributed by atoms with Gasteiger partial charge in [0, 0.05) is 32.2 Å². The van der Waals surface area contributed by atoms with Gasteiger partial charge in [-0.1, -0.05) is 31.4 Å². The van der Waals surface area contributed by atoms with E-state index in [1.807, 2.05) is 23.1 Å². The van der Waals surface area contributed by atoms with Crippen molar-refractivity contribution in [1.29, 1.82) is 0 Å². The smallest absolute Gasteiger partial charge is 0.236 e. The maximum absolute atomic E-state index is 12.4. The van der Waals surface area contributed by atoms with Crippen LogP contribution in [0.15, 0.2) is 24.3 Å². The molecule has 132 valence electrons. The highest BCUT2D eigenvalue weighted by Gasteiger charge is 2.23. The number of hydrogen-bond acceptors (Lipinski definition) is 4. The number of hydrogen-bond donors (Lipinski definition) is 1. The molecule has 0 unspecified atom stereocenters. The third-order valence-electron chi connectivity index (χ3n) is 5.21. The molecule has 1 aromatic rings. The summed E-state index contributed by atoms with van der Waals surface area (Å²) >= 11 is 0. The van der Waals surface area contributed by atoms with Crippen molar-refractivity contribution in [3.8, 4) is 5.75 Å². The van der Waals surface area contributed by atoms with Crippen molar-refractivity contribution < 1.29 is 9.53 Å². The van der Waals surface area contributed by atoms with Gasteiger partial charge in [0.2, 0.25) is 5.91 Å². The van der Waals surface area contributed by atoms with E-state index in [0.29, 0.717) is 12.6 Å². The van der Waals surface area contributed by atoms with Crippen LogP contribution in [0.4, 0.5) is 5.69 Å². The number of ether oxygens (including phenoxy) is 1. The van der Waals surface area contributed by atoms with Crippen molar-refractivity contribution in [3.63, 3.8) is 0 Å². The van der Waals surface area contributed by atoms with E-state index in [-0.39, 0.29) is 5.91 Å². The Labute approximate surface area is 145 Å². The Morgan fingerprint density at radius 3 is 2.54 bits per heavy atom. The molecular weight excluding hydrogens is 302 g/mol. The fourth-order valence-corrected chi connectivity index (χ4v) is 3.74. The Kier molecular flexibility index (Phi) is 5.96. The highest BCUT2D eigenvalue weighted by atomic mass is 16.5. The van der Waals surface area contributed by atoms with Crippen LogP contribution < -0.4 is 15.0 Å². The first kappa shape index (κ1) is 17.1. The van der Waals surface area contributed by atoms with Gasteiger partial charge in [0.1, 0.15) is 5.75 Å². The molecule has 24 heavy (non-hydrogen) atoms. The molecule has 0 aromatic heterocycles. The summed E-state index contributed by atoms with van der Waals surface area (Å²) in [6.45, 7) is 3.76. The van der Waals surface area contributed by atoms with Crippen LogP contribution in [0.2, 0.25) is 0 Å². The quantitative estimate of drug-likeness (QED) is 0.899. The number of methoxy groups -OCH3 is 1. The van der Waals surface area contributed by atoms with Gasteiger partial charge in [0.15, 0.2) is 0 Å². The zero-order chi connectivity index (χ0) is 16.8. The van der Waals surface area contributed by atoms with Crippen molar-refractivity contribution in [2.45, 2.75) is 38.1 Å². The van der Waals surface area contributed by atoms with Crippen molar-refractivity contribution in [3.05, 3.63) is 24.3 Å². The molecular formula is C19H29N3O2. The van der Waals surface area contributed by atoms with Crippen LogP contribution in [0, 0.1) is 0 Å². The van der Waals surface area contributed by atoms with E-state index < -0.39 is 0 Å². The SMILES string of the molecule is COc1ccccc1N1CCN(C(=O)CNC2CCCCC2)CC1. The summed E-state index contributed by atoms with van der Waals surface area (Å²) in [6, 6.07) is 8.63. The summed E-state index contributed by atoms with van der Waals surface area (Å²) in [7, 11) is 1.70. The zero-order valence-corrected chi connectivity index (χ0v) is 14.7. The topological polar surface area (TPSA) is 44.8 Å². The van der Waals surface area contributed by atoms with Gasteiger partial charge in [-0.05, 0) is 25.0 Å². The number of nitrogens with one attached hydrogen (secondary N) is 1. The molecule has 5 nitrogen and oxygen atoms in total. The number of para-hydroxylation sites is 2. The number of nitrogens with zero attached hydrogens (tertiary/aromatic N) is 2. The van der Waals surface area contributed by atoms with E-state index in [9.17, 15) is 4.79 Å². The first-order valence-electron chi connectivity index (χ1n) is 9.17. The van der Waals surface area contributed by atoms with E-state index in [4.69, 9.17) is 4.74 Å². The summed E-state index contributed by atoms with van der Waals surface area (Å²) in [5.41, 5.74) is 1.12. The molecule has 1 saturated carbocycles. The predicted octanol–water partition coefficient (Wildman–Crippen LogP) is 2.27. The van der Waals surface area contributed by atoms with Gasteiger partial charge in [-0.3, -0.25) is 4.79 Å². The van der Waals surface area contributed by atoms with E-state index in [1.54, 1.807) is 7.11 Å². The molecule has 5 heteroatoms. The largest absolute Gasteiger partial charge is 0.495 e. The van der Waals surface area contributed by atoms with Gasteiger partial charge >= 0.3 is 0 Å². The van der Waals surface area contributed by atoms with Crippen LogP contribution in [-0.2, 0) is 4.79 Å². The first-order valence-corrected chi connectivity index (χ1v) is 9.17. The number of carbonyl (C=O) groups is 1. The maximum Gasteiger partial charge on any atom is 0.236 e. The van der Waals surface area contributed by atoms with Gasteiger partial charge in [0.05, 0.1) is 19.3 Å². The summed E-state index contributed by atoms with van der Waals surface area (Å²) < 4.78 is 5.45. The molecule has 0 atom stereocenters. The Bertz CT molecular complexity index is 535. The normalized spacial score (nSPS) is 19.4. The Morgan fingerprint density at radius 2 is 1.83 bits per heavy atom. The molecule has 1 amide bonds. The number of benzene rings is 1. The van der Waals surface area contributed by atoms with Gasteiger partial charge in [-0.25, -0.2) is 0 Å². The molecule has 1 saturated heterocycles. The minimum atomic E-state index is 0.236. The van der Waals surface area contributed by atoms with Crippen LogP contribution in [0.5, 0.6) is 5.75 Å². The number of anilines is 1. The first-order chi connectivity index (χ1) is 11.8. The highest BCUT2D eigenvalue weighted by Crippen LogP contribution is 2.28. The average molecular weight is 331 g/mol. The monoisotopic (exact) mass is 331 g/mol. The highest BCUT2D eigenvalue weighted by molar-refractivity contribution is 5.78. The van der Waals surface area contributed by atoms with E-state index in [1.165, 1.54) is 32.1 Å². The maximum atomic E-state index is 12.4. The number of amides is 1. The van der Waals surface area contributed by atoms with Gasteiger partial charge in [-0.2, -0.15) is 0 Å². The lowest BCUT2D eigenvalue weighted by atomic mass is 9.95. The van der Waals surface area contributed by atoms with Crippen LogP contribution >= 0.6 is 0 Å². The van der Waals surface area contributed by atoms with Gasteiger partial charge < -0.3 is 19.9 Å². The molecule has 0 radical (unpaired) electrons. The summed E-state index contributed by atoms with van der Waals surface area (Å²) in [4.78, 5) is 16.7. The van der Waals surface area contributed by atoms with E-state index in [0.717, 1.165) is 37.6 Å². The van der Waals surface area contributed by atoms with E-state index >= 15 is 0 Å². The molecule has 3 rings (SSSR count). The predicted molar refractivity (Wildman–Crippen MR) is 96.7 cm³/mol. The lowest BCUT2D eigenvalue weighted by Crippen LogP contribution is -2.51. The van der Waals surface area contributed by atoms with Crippen molar-refractivity contribution in [2.75, 3.05) is 44.7 Å². The van der Waals surface area contributed by atoms with Crippen LogP contribution in [0.1, 0.15) is 32.1 Å². The Hall–Kier alpha value is -1.75. The Balaban J connectivity index is 1.46. The minimum absolute atomic E-state index is 0.236. The molecule has 1 aliphatic carbocycles. The molecule has 2 fully saturated rings. The molecule has 1 heterocycles. The van der Waals surface area contributed by atoms with Gasteiger partial charge in [-0.15, -0.1) is 0 Å². The van der Waals surface area contributed by atoms with Gasteiger partial charge in [0.25, 0.3) is 0 Å². The molecule has 1 N–H and O–H groups in total. The van der Waals surface area contributed by atoms with Crippen molar-refractivity contribution >= 4 is 11.6 Å². The van der Waals surface area contributed by atoms with Crippen LogP contribution in [0.25, 0.3) is 0 Å². The third-order valence-corrected chi connectivity index (χ3v) is 5.21. The minimum Gasteiger partial charge on any atom is -0.495 e. The second kappa shape index (κ2) is 8.38. The lowest BCUT2D eigenvalue weighted by Gasteiger charge is -2.37. The summed E-state index contributed by atoms with van der Waals surface area (Å²) in [5.74, 6) is 1.14. The molecule has 2 aliphatic rings. The van der Waals surface area contributed by atoms with E-state index in [2.05, 4.69) is 16.3 Å². The number of rotatable bonds is 5. The number of piperazine rings is 1. The van der Waals surface area contributed by atoms with Crippen LogP contribution in [-0.4, -0.2) is 56.7 Å². The average Bonchev–Trinajstić information content (AvgIpc) is 2.67. The van der Waals surface area contributed by atoms with Crippen LogP contribution in [0.3, 0.4) is 0 Å². The summed E-state index contributed by atoms with van der Waals surface area (Å²) in [5, 5.41) is 3.45. The fourth-order valence-electron chi connectivity index (χ4n) is 3.74. The molecule has 1 aromatic carbocycles. The Morgan fingerprint density at radius 1 is 1.12 bits per heavy atom. The third kappa shape index (κ3) is 4.20. The molecule has 0 spiro atoms. The zero-order valence-electron chi connectivity index (χ0n) is 14.7. The standard InChI is InChI=1S/C19H29N3O2/c1-24-18-10-6-5-9-17(18)21-11-13-22(14-12-21)19(23)15-20-16-7-3-2-4-8-16/h5-6,9-10,16,20H,2-4,7-8,11-15H2,1H3. The second-order valence-electron chi connectivity index (χ2n) is 6.76. The summed E-state index contributed by atoms with van der Waals surface area (Å²) in [6.07, 6.45) is 6.37. The fraction of sp³-hybridized carbons (Fsp3) is 0.632. The second-order valence-corrected chi connectivity index (χ2v) is 6.76. The van der Waals surface area contributed by atoms with Crippen molar-refractivity contribution in [1.82, 2.24) is 10.2 Å². The molecule has 0 bridgehead atoms. The number of carbonyl (C=O) groups excluding carboxylic acids is 1. The molecule has 1 aliphatic heterocycles.